The first-order valence-electron chi connectivity index (χ1n) is 5.99. The molecule has 0 spiro atoms. The minimum Gasteiger partial charge on any atom is -0.372 e. The lowest BCUT2D eigenvalue weighted by Gasteiger charge is -2.05. The number of imidazole rings is 1. The first-order valence-corrected chi connectivity index (χ1v) is 6.37. The van der Waals surface area contributed by atoms with Crippen molar-refractivity contribution in [2.75, 3.05) is 0 Å². The number of halogens is 1. The third-order valence-corrected chi connectivity index (χ3v) is 2.91. The predicted molar refractivity (Wildman–Crippen MR) is 73.7 cm³/mol. The van der Waals surface area contributed by atoms with Gasteiger partial charge in [-0.1, -0.05) is 11.6 Å². The van der Waals surface area contributed by atoms with Crippen LogP contribution >= 0.6 is 11.6 Å². The lowest BCUT2D eigenvalue weighted by atomic mass is 10.2. The van der Waals surface area contributed by atoms with Crippen LogP contribution in [0.2, 0.25) is 5.02 Å². The van der Waals surface area contributed by atoms with E-state index in [4.69, 9.17) is 16.3 Å². The van der Waals surface area contributed by atoms with Gasteiger partial charge in [-0.2, -0.15) is 0 Å². The molecule has 18 heavy (non-hydrogen) atoms. The molecule has 0 bridgehead atoms. The number of rotatable bonds is 4. The van der Waals surface area contributed by atoms with Gasteiger partial charge in [0.25, 0.3) is 0 Å². The van der Waals surface area contributed by atoms with E-state index in [1.165, 1.54) is 0 Å². The maximum absolute atomic E-state index is 5.87. The molecule has 2 aromatic rings. The predicted octanol–water partition coefficient (Wildman–Crippen LogP) is 3.96. The van der Waals surface area contributed by atoms with Gasteiger partial charge in [-0.05, 0) is 45.0 Å². The second-order valence-electron chi connectivity index (χ2n) is 4.52. The molecule has 1 heterocycles. The molecular formula is C14H17ClN2O. The number of hydrogen-bond donors (Lipinski definition) is 1. The highest BCUT2D eigenvalue weighted by atomic mass is 35.5. The van der Waals surface area contributed by atoms with Crippen LogP contribution in [0.25, 0.3) is 11.4 Å². The maximum Gasteiger partial charge on any atom is 0.137 e. The molecule has 0 unspecified atom stereocenters. The van der Waals surface area contributed by atoms with Crippen LogP contribution in [0, 0.1) is 6.92 Å². The van der Waals surface area contributed by atoms with Gasteiger partial charge in [0, 0.05) is 16.3 Å². The summed E-state index contributed by atoms with van der Waals surface area (Å²) in [4.78, 5) is 7.83. The van der Waals surface area contributed by atoms with Crippen molar-refractivity contribution in [2.45, 2.75) is 33.5 Å². The van der Waals surface area contributed by atoms with E-state index in [0.29, 0.717) is 6.61 Å². The topological polar surface area (TPSA) is 37.9 Å². The van der Waals surface area contributed by atoms with E-state index in [0.717, 1.165) is 27.8 Å². The molecule has 0 fully saturated rings. The lowest BCUT2D eigenvalue weighted by molar-refractivity contribution is 0.0635. The summed E-state index contributed by atoms with van der Waals surface area (Å²) >= 11 is 5.87. The standard InChI is InChI=1S/C14H17ClN2O/c1-9(2)18-8-13-10(3)16-14(17-13)11-4-6-12(15)7-5-11/h4-7,9H,8H2,1-3H3,(H,16,17). The minimum absolute atomic E-state index is 0.208. The number of ether oxygens (including phenoxy) is 1. The summed E-state index contributed by atoms with van der Waals surface area (Å²) in [5.74, 6) is 0.853. The largest absolute Gasteiger partial charge is 0.372 e. The molecule has 0 aliphatic rings. The number of aromatic amines is 1. The normalized spacial score (nSPS) is 11.2. The molecule has 1 aromatic carbocycles. The fourth-order valence-electron chi connectivity index (χ4n) is 1.63. The van der Waals surface area contributed by atoms with Gasteiger partial charge in [-0.15, -0.1) is 0 Å². The summed E-state index contributed by atoms with van der Waals surface area (Å²) in [5, 5.41) is 0.727. The molecule has 0 saturated carbocycles. The molecule has 0 aliphatic heterocycles. The van der Waals surface area contributed by atoms with Crippen molar-refractivity contribution in [3.8, 4) is 11.4 Å². The Morgan fingerprint density at radius 1 is 1.28 bits per heavy atom. The number of nitrogens with zero attached hydrogens (tertiary/aromatic N) is 1. The smallest absolute Gasteiger partial charge is 0.137 e. The zero-order chi connectivity index (χ0) is 13.1. The molecule has 0 saturated heterocycles. The van der Waals surface area contributed by atoms with Crippen molar-refractivity contribution in [1.29, 1.82) is 0 Å². The van der Waals surface area contributed by atoms with Crippen molar-refractivity contribution in [3.05, 3.63) is 40.7 Å². The number of nitrogens with one attached hydrogen (secondary N) is 1. The SMILES string of the molecule is Cc1[nH]c(-c2ccc(Cl)cc2)nc1COC(C)C. The van der Waals surface area contributed by atoms with Crippen LogP contribution in [-0.4, -0.2) is 16.1 Å². The van der Waals surface area contributed by atoms with Crippen molar-refractivity contribution in [1.82, 2.24) is 9.97 Å². The van der Waals surface area contributed by atoms with Gasteiger partial charge in [0.05, 0.1) is 18.4 Å². The Bertz CT molecular complexity index is 517. The fraction of sp³-hybridized carbons (Fsp3) is 0.357. The quantitative estimate of drug-likeness (QED) is 0.908. The highest BCUT2D eigenvalue weighted by Crippen LogP contribution is 2.20. The van der Waals surface area contributed by atoms with Gasteiger partial charge < -0.3 is 9.72 Å². The number of hydrogen-bond acceptors (Lipinski definition) is 2. The van der Waals surface area contributed by atoms with E-state index < -0.39 is 0 Å². The third kappa shape index (κ3) is 3.12. The van der Waals surface area contributed by atoms with Crippen molar-refractivity contribution in [3.63, 3.8) is 0 Å². The van der Waals surface area contributed by atoms with Crippen LogP contribution in [0.5, 0.6) is 0 Å². The molecule has 0 radical (unpaired) electrons. The number of benzene rings is 1. The van der Waals surface area contributed by atoms with Gasteiger partial charge in [0.15, 0.2) is 0 Å². The molecule has 0 aliphatic carbocycles. The van der Waals surface area contributed by atoms with E-state index in [2.05, 4.69) is 9.97 Å². The maximum atomic E-state index is 5.87. The average Bonchev–Trinajstić information content (AvgIpc) is 2.69. The summed E-state index contributed by atoms with van der Waals surface area (Å²) in [6.45, 7) is 6.57. The first kappa shape index (κ1) is 13.1. The molecule has 1 N–H and O–H groups in total. The summed E-state index contributed by atoms with van der Waals surface area (Å²) in [5.41, 5.74) is 3.02. The monoisotopic (exact) mass is 264 g/mol. The van der Waals surface area contributed by atoms with Gasteiger partial charge in [-0.25, -0.2) is 4.98 Å². The number of aromatic nitrogens is 2. The van der Waals surface area contributed by atoms with E-state index in [9.17, 15) is 0 Å². The Hall–Kier alpha value is -1.32. The second-order valence-corrected chi connectivity index (χ2v) is 4.96. The van der Waals surface area contributed by atoms with Gasteiger partial charge in [0.1, 0.15) is 5.82 Å². The molecular weight excluding hydrogens is 248 g/mol. The zero-order valence-corrected chi connectivity index (χ0v) is 11.6. The van der Waals surface area contributed by atoms with Crippen LogP contribution in [0.3, 0.4) is 0 Å². The zero-order valence-electron chi connectivity index (χ0n) is 10.8. The molecule has 0 atom stereocenters. The van der Waals surface area contributed by atoms with Crippen molar-refractivity contribution < 1.29 is 4.74 Å². The molecule has 3 nitrogen and oxygen atoms in total. The molecule has 96 valence electrons. The van der Waals surface area contributed by atoms with Gasteiger partial charge in [0.2, 0.25) is 0 Å². The fourth-order valence-corrected chi connectivity index (χ4v) is 1.75. The van der Waals surface area contributed by atoms with Crippen LogP contribution < -0.4 is 0 Å². The van der Waals surface area contributed by atoms with Crippen LogP contribution in [-0.2, 0) is 11.3 Å². The van der Waals surface area contributed by atoms with Crippen LogP contribution in [0.4, 0.5) is 0 Å². The summed E-state index contributed by atoms with van der Waals surface area (Å²) in [6, 6.07) is 7.62. The highest BCUT2D eigenvalue weighted by Gasteiger charge is 2.09. The number of H-pyrrole nitrogens is 1. The third-order valence-electron chi connectivity index (χ3n) is 2.66. The summed E-state index contributed by atoms with van der Waals surface area (Å²) in [6.07, 6.45) is 0.208. The molecule has 2 rings (SSSR count). The van der Waals surface area contributed by atoms with E-state index >= 15 is 0 Å². The molecule has 0 amide bonds. The van der Waals surface area contributed by atoms with Crippen LogP contribution in [0.1, 0.15) is 25.2 Å². The first-order chi connectivity index (χ1) is 8.56. The van der Waals surface area contributed by atoms with Crippen molar-refractivity contribution in [2.24, 2.45) is 0 Å². The van der Waals surface area contributed by atoms with Crippen molar-refractivity contribution >= 4 is 11.6 Å². The Labute approximate surface area is 112 Å². The minimum atomic E-state index is 0.208. The number of aryl methyl sites for hydroxylation is 1. The van der Waals surface area contributed by atoms with E-state index in [1.54, 1.807) is 0 Å². The van der Waals surface area contributed by atoms with Crippen LogP contribution in [0.15, 0.2) is 24.3 Å². The lowest BCUT2D eigenvalue weighted by Crippen LogP contribution is -2.03. The summed E-state index contributed by atoms with van der Waals surface area (Å²) < 4.78 is 5.57. The average molecular weight is 265 g/mol. The second kappa shape index (κ2) is 5.55. The Morgan fingerprint density at radius 2 is 1.94 bits per heavy atom. The highest BCUT2D eigenvalue weighted by molar-refractivity contribution is 6.30. The summed E-state index contributed by atoms with van der Waals surface area (Å²) in [7, 11) is 0. The Kier molecular flexibility index (Phi) is 4.04. The Morgan fingerprint density at radius 3 is 2.56 bits per heavy atom. The Balaban J connectivity index is 2.20. The van der Waals surface area contributed by atoms with Gasteiger partial charge in [-0.3, -0.25) is 0 Å². The van der Waals surface area contributed by atoms with Gasteiger partial charge >= 0.3 is 0 Å². The van der Waals surface area contributed by atoms with E-state index in [-0.39, 0.29) is 6.10 Å². The molecule has 1 aromatic heterocycles. The molecule has 4 heteroatoms. The van der Waals surface area contributed by atoms with E-state index in [1.807, 2.05) is 45.0 Å².